The van der Waals surface area contributed by atoms with Gasteiger partial charge in [-0.3, -0.25) is 0 Å². The molecule has 0 radical (unpaired) electrons. The van der Waals surface area contributed by atoms with Gasteiger partial charge in [0.25, 0.3) is 0 Å². The van der Waals surface area contributed by atoms with E-state index < -0.39 is 0 Å². The first-order valence-corrected chi connectivity index (χ1v) is 8.54. The highest BCUT2D eigenvalue weighted by atomic mass is 16.5. The number of likely N-dealkylation sites (tertiary alicyclic amines) is 1. The van der Waals surface area contributed by atoms with Crippen molar-refractivity contribution in [3.63, 3.8) is 0 Å². The smallest absolute Gasteiger partial charge is 0.119 e. The minimum Gasteiger partial charge on any atom is -0.497 e. The Morgan fingerprint density at radius 1 is 1.38 bits per heavy atom. The Balaban J connectivity index is 1.86. The molecule has 21 heavy (non-hydrogen) atoms. The van der Waals surface area contributed by atoms with Crippen molar-refractivity contribution in [2.45, 2.75) is 51.4 Å². The predicted molar refractivity (Wildman–Crippen MR) is 88.1 cm³/mol. The van der Waals surface area contributed by atoms with E-state index in [0.29, 0.717) is 5.41 Å². The van der Waals surface area contributed by atoms with Crippen LogP contribution < -0.4 is 4.74 Å². The zero-order valence-electron chi connectivity index (χ0n) is 13.8. The molecule has 0 N–H and O–H groups in total. The quantitative estimate of drug-likeness (QED) is 0.829. The maximum atomic E-state index is 5.46. The van der Waals surface area contributed by atoms with Crippen LogP contribution in [0.4, 0.5) is 0 Å². The Hall–Kier alpha value is -1.02. The van der Waals surface area contributed by atoms with Gasteiger partial charge in [-0.2, -0.15) is 0 Å². The number of fused-ring (bicyclic) bond motifs is 4. The van der Waals surface area contributed by atoms with Gasteiger partial charge in [-0.05, 0) is 73.4 Å². The van der Waals surface area contributed by atoms with E-state index in [9.17, 15) is 0 Å². The summed E-state index contributed by atoms with van der Waals surface area (Å²) in [5.41, 5.74) is 3.45. The predicted octanol–water partition coefficient (Wildman–Crippen LogP) is 4.02. The third-order valence-electron chi connectivity index (χ3n) is 5.54. The first kappa shape index (κ1) is 14.9. The summed E-state index contributed by atoms with van der Waals surface area (Å²) in [6.07, 6.45) is 6.51. The molecule has 1 aliphatic carbocycles. The van der Waals surface area contributed by atoms with Crippen molar-refractivity contribution in [2.75, 3.05) is 26.7 Å². The van der Waals surface area contributed by atoms with Crippen molar-refractivity contribution in [3.8, 4) is 5.75 Å². The fourth-order valence-corrected chi connectivity index (χ4v) is 4.36. The largest absolute Gasteiger partial charge is 0.497 e. The number of rotatable bonds is 4. The van der Waals surface area contributed by atoms with Gasteiger partial charge in [0.1, 0.15) is 5.75 Å². The Bertz CT molecular complexity index is 498. The van der Waals surface area contributed by atoms with Gasteiger partial charge >= 0.3 is 0 Å². The van der Waals surface area contributed by atoms with Crippen molar-refractivity contribution in [3.05, 3.63) is 29.3 Å². The first-order valence-electron chi connectivity index (χ1n) is 8.54. The SMILES string of the molecule is CCCCN1CCC2(C)CC(Cc3ccc(OC)cc32)C1. The molecular weight excluding hydrogens is 258 g/mol. The average Bonchev–Trinajstić information content (AvgIpc) is 2.62. The van der Waals surface area contributed by atoms with Gasteiger partial charge in [0, 0.05) is 6.54 Å². The van der Waals surface area contributed by atoms with E-state index in [1.165, 1.54) is 51.7 Å². The lowest BCUT2D eigenvalue weighted by Crippen LogP contribution is -2.33. The van der Waals surface area contributed by atoms with E-state index in [1.54, 1.807) is 18.2 Å². The fourth-order valence-electron chi connectivity index (χ4n) is 4.36. The van der Waals surface area contributed by atoms with Crippen molar-refractivity contribution in [1.29, 1.82) is 0 Å². The topological polar surface area (TPSA) is 12.5 Å². The van der Waals surface area contributed by atoms with Gasteiger partial charge < -0.3 is 9.64 Å². The van der Waals surface area contributed by atoms with Crippen molar-refractivity contribution in [1.82, 2.24) is 4.90 Å². The Labute approximate surface area is 129 Å². The molecule has 2 atom stereocenters. The van der Waals surface area contributed by atoms with Crippen LogP contribution in [0.5, 0.6) is 5.75 Å². The number of benzene rings is 1. The van der Waals surface area contributed by atoms with E-state index in [1.807, 2.05) is 0 Å². The molecule has 2 bridgehead atoms. The molecule has 1 saturated heterocycles. The van der Waals surface area contributed by atoms with Gasteiger partial charge in [0.2, 0.25) is 0 Å². The van der Waals surface area contributed by atoms with E-state index in [-0.39, 0.29) is 0 Å². The number of hydrogen-bond acceptors (Lipinski definition) is 2. The second kappa shape index (κ2) is 6.00. The second-order valence-corrected chi connectivity index (χ2v) is 7.26. The summed E-state index contributed by atoms with van der Waals surface area (Å²) in [7, 11) is 1.77. The van der Waals surface area contributed by atoms with Crippen LogP contribution in [0.3, 0.4) is 0 Å². The summed E-state index contributed by atoms with van der Waals surface area (Å²) < 4.78 is 5.46. The summed E-state index contributed by atoms with van der Waals surface area (Å²) in [5, 5.41) is 0. The van der Waals surface area contributed by atoms with Crippen LogP contribution in [0, 0.1) is 5.92 Å². The van der Waals surface area contributed by atoms with Crippen LogP contribution in [-0.4, -0.2) is 31.6 Å². The molecule has 0 spiro atoms. The maximum absolute atomic E-state index is 5.46. The van der Waals surface area contributed by atoms with Crippen LogP contribution in [0.1, 0.15) is 50.7 Å². The first-order chi connectivity index (χ1) is 10.1. The van der Waals surface area contributed by atoms with E-state index in [0.717, 1.165) is 11.7 Å². The molecule has 116 valence electrons. The molecular formula is C19H29NO. The third kappa shape index (κ3) is 2.96. The molecule has 0 amide bonds. The molecule has 0 aromatic heterocycles. The van der Waals surface area contributed by atoms with Gasteiger partial charge in [-0.1, -0.05) is 26.3 Å². The van der Waals surface area contributed by atoms with Crippen LogP contribution in [-0.2, 0) is 11.8 Å². The Morgan fingerprint density at radius 2 is 2.24 bits per heavy atom. The number of ether oxygens (including phenoxy) is 1. The number of nitrogens with zero attached hydrogens (tertiary/aromatic N) is 1. The molecule has 1 aromatic carbocycles. The van der Waals surface area contributed by atoms with Crippen molar-refractivity contribution >= 4 is 0 Å². The summed E-state index contributed by atoms with van der Waals surface area (Å²) in [4.78, 5) is 2.71. The van der Waals surface area contributed by atoms with Crippen molar-refractivity contribution < 1.29 is 4.74 Å². The van der Waals surface area contributed by atoms with Crippen LogP contribution in [0.15, 0.2) is 18.2 Å². The van der Waals surface area contributed by atoms with E-state index in [2.05, 4.69) is 36.9 Å². The molecule has 0 saturated carbocycles. The molecule has 3 rings (SSSR count). The standard InChI is InChI=1S/C19H29NO/c1-4-5-9-20-10-8-19(2)13-15(14-20)11-16-6-7-17(21-3)12-18(16)19/h6-7,12,15H,4-5,8-11,13-14H2,1-3H3. The highest BCUT2D eigenvalue weighted by molar-refractivity contribution is 5.42. The van der Waals surface area contributed by atoms with Crippen molar-refractivity contribution in [2.24, 2.45) is 5.92 Å². The zero-order valence-corrected chi connectivity index (χ0v) is 13.8. The van der Waals surface area contributed by atoms with E-state index in [4.69, 9.17) is 4.74 Å². The molecule has 1 aromatic rings. The van der Waals surface area contributed by atoms with Gasteiger partial charge in [-0.15, -0.1) is 0 Å². The zero-order chi connectivity index (χ0) is 14.9. The minimum absolute atomic E-state index is 0.341. The number of methoxy groups -OCH3 is 1. The van der Waals surface area contributed by atoms with Crippen LogP contribution in [0.2, 0.25) is 0 Å². The summed E-state index contributed by atoms with van der Waals surface area (Å²) in [6.45, 7) is 8.59. The Morgan fingerprint density at radius 3 is 3.00 bits per heavy atom. The lowest BCUT2D eigenvalue weighted by molar-refractivity contribution is 0.243. The van der Waals surface area contributed by atoms with E-state index >= 15 is 0 Å². The summed E-state index contributed by atoms with van der Waals surface area (Å²) >= 11 is 0. The Kier molecular flexibility index (Phi) is 4.26. The molecule has 1 heterocycles. The molecule has 2 heteroatoms. The lowest BCUT2D eigenvalue weighted by Gasteiger charge is -2.38. The van der Waals surface area contributed by atoms with Gasteiger partial charge in [0.05, 0.1) is 7.11 Å². The lowest BCUT2D eigenvalue weighted by atomic mass is 9.66. The average molecular weight is 287 g/mol. The normalized spacial score (nSPS) is 28.8. The second-order valence-electron chi connectivity index (χ2n) is 7.26. The summed E-state index contributed by atoms with van der Waals surface area (Å²) in [6, 6.07) is 6.74. The number of unbranched alkanes of at least 4 members (excludes halogenated alkanes) is 1. The maximum Gasteiger partial charge on any atom is 0.119 e. The minimum atomic E-state index is 0.341. The molecule has 1 aliphatic heterocycles. The van der Waals surface area contributed by atoms with Gasteiger partial charge in [0.15, 0.2) is 0 Å². The van der Waals surface area contributed by atoms with Crippen LogP contribution in [0.25, 0.3) is 0 Å². The molecule has 2 aliphatic rings. The highest BCUT2D eigenvalue weighted by Crippen LogP contribution is 2.45. The van der Waals surface area contributed by atoms with Crippen LogP contribution >= 0.6 is 0 Å². The number of hydrogen-bond donors (Lipinski definition) is 0. The van der Waals surface area contributed by atoms with Gasteiger partial charge in [-0.25, -0.2) is 0 Å². The fraction of sp³-hybridized carbons (Fsp3) is 0.684. The highest BCUT2D eigenvalue weighted by Gasteiger charge is 2.39. The summed E-state index contributed by atoms with van der Waals surface area (Å²) in [5.74, 6) is 1.84. The molecule has 2 nitrogen and oxygen atoms in total. The molecule has 1 fully saturated rings. The monoisotopic (exact) mass is 287 g/mol. The third-order valence-corrected chi connectivity index (χ3v) is 5.54. The molecule has 2 unspecified atom stereocenters.